The fourth-order valence-corrected chi connectivity index (χ4v) is 0.365. The van der Waals surface area contributed by atoms with Crippen LogP contribution in [0.15, 0.2) is 12.7 Å². The predicted octanol–water partition coefficient (Wildman–Crippen LogP) is 2.54. The summed E-state index contributed by atoms with van der Waals surface area (Å²) in [6, 6.07) is 0.736. The molecule has 1 atom stereocenters. The van der Waals surface area contributed by atoms with Crippen LogP contribution in [-0.2, 0) is 0 Å². The molecular formula is C9H21N. The van der Waals surface area contributed by atoms with Gasteiger partial charge in [-0.1, -0.05) is 13.0 Å². The fourth-order valence-electron chi connectivity index (χ4n) is 0.365. The highest BCUT2D eigenvalue weighted by molar-refractivity contribution is 4.53. The van der Waals surface area contributed by atoms with E-state index in [-0.39, 0.29) is 0 Å². The topological polar surface area (TPSA) is 3.24 Å². The number of hydrogen-bond acceptors (Lipinski definition) is 1. The van der Waals surface area contributed by atoms with E-state index in [0.717, 1.165) is 6.04 Å². The smallest absolute Gasteiger partial charge is 0.00582 e. The Balaban J connectivity index is 0. The standard InChI is InChI=1S/C6H15N.C3H6/c1-5-6(2)7(3)4;1-3-2/h6H,5H2,1-4H3;3H,1H2,2H3. The van der Waals surface area contributed by atoms with Crippen LogP contribution in [0.4, 0.5) is 0 Å². The predicted molar refractivity (Wildman–Crippen MR) is 49.3 cm³/mol. The summed E-state index contributed by atoms with van der Waals surface area (Å²) in [6.45, 7) is 9.67. The van der Waals surface area contributed by atoms with Crippen LogP contribution < -0.4 is 0 Å². The van der Waals surface area contributed by atoms with Gasteiger partial charge in [-0.15, -0.1) is 6.58 Å². The molecule has 0 aliphatic carbocycles. The van der Waals surface area contributed by atoms with Crippen molar-refractivity contribution >= 4 is 0 Å². The van der Waals surface area contributed by atoms with E-state index in [1.807, 2.05) is 6.92 Å². The van der Waals surface area contributed by atoms with Gasteiger partial charge in [0.1, 0.15) is 0 Å². The third-order valence-corrected chi connectivity index (χ3v) is 1.47. The third-order valence-electron chi connectivity index (χ3n) is 1.47. The summed E-state index contributed by atoms with van der Waals surface area (Å²) in [4.78, 5) is 2.22. The van der Waals surface area contributed by atoms with Crippen LogP contribution in [0.25, 0.3) is 0 Å². The molecule has 0 N–H and O–H groups in total. The number of allylic oxidation sites excluding steroid dienone is 1. The Morgan fingerprint density at radius 1 is 1.50 bits per heavy atom. The molecule has 0 aliphatic heterocycles. The van der Waals surface area contributed by atoms with Crippen molar-refractivity contribution in [2.75, 3.05) is 14.1 Å². The van der Waals surface area contributed by atoms with Crippen molar-refractivity contribution in [2.45, 2.75) is 33.2 Å². The molecule has 10 heavy (non-hydrogen) atoms. The van der Waals surface area contributed by atoms with E-state index in [9.17, 15) is 0 Å². The molecule has 0 aromatic rings. The van der Waals surface area contributed by atoms with E-state index in [1.165, 1.54) is 6.42 Å². The summed E-state index contributed by atoms with van der Waals surface area (Å²) in [5.74, 6) is 0. The van der Waals surface area contributed by atoms with Gasteiger partial charge in [-0.2, -0.15) is 0 Å². The summed E-state index contributed by atoms with van der Waals surface area (Å²) >= 11 is 0. The highest BCUT2D eigenvalue weighted by Crippen LogP contribution is 1.93. The minimum atomic E-state index is 0.736. The van der Waals surface area contributed by atoms with Crippen molar-refractivity contribution < 1.29 is 0 Å². The molecule has 1 unspecified atom stereocenters. The second-order valence-electron chi connectivity index (χ2n) is 2.63. The Morgan fingerprint density at radius 3 is 1.80 bits per heavy atom. The fraction of sp³-hybridized carbons (Fsp3) is 0.778. The zero-order valence-corrected chi connectivity index (χ0v) is 8.02. The SMILES string of the molecule is C=CC.CCC(C)N(C)C. The van der Waals surface area contributed by atoms with E-state index in [2.05, 4.69) is 39.4 Å². The molecule has 0 saturated heterocycles. The van der Waals surface area contributed by atoms with E-state index in [1.54, 1.807) is 6.08 Å². The number of hydrogen-bond donors (Lipinski definition) is 0. The lowest BCUT2D eigenvalue weighted by Gasteiger charge is -2.16. The molecule has 0 rings (SSSR count). The monoisotopic (exact) mass is 143 g/mol. The largest absolute Gasteiger partial charge is 0.307 e. The van der Waals surface area contributed by atoms with Crippen molar-refractivity contribution in [2.24, 2.45) is 0 Å². The average molecular weight is 143 g/mol. The summed E-state index contributed by atoms with van der Waals surface area (Å²) < 4.78 is 0. The van der Waals surface area contributed by atoms with Gasteiger partial charge in [0.05, 0.1) is 0 Å². The van der Waals surface area contributed by atoms with Crippen LogP contribution in [0.1, 0.15) is 27.2 Å². The van der Waals surface area contributed by atoms with Gasteiger partial charge in [0.25, 0.3) is 0 Å². The lowest BCUT2D eigenvalue weighted by Crippen LogP contribution is -2.23. The van der Waals surface area contributed by atoms with Gasteiger partial charge in [0.2, 0.25) is 0 Å². The second-order valence-corrected chi connectivity index (χ2v) is 2.63. The third kappa shape index (κ3) is 10.6. The zero-order valence-electron chi connectivity index (χ0n) is 8.02. The Hall–Kier alpha value is -0.300. The van der Waals surface area contributed by atoms with Crippen LogP contribution in [0, 0.1) is 0 Å². The minimum absolute atomic E-state index is 0.736. The van der Waals surface area contributed by atoms with E-state index < -0.39 is 0 Å². The first-order chi connectivity index (χ1) is 4.59. The van der Waals surface area contributed by atoms with Crippen LogP contribution >= 0.6 is 0 Å². The van der Waals surface area contributed by atoms with Crippen LogP contribution in [-0.4, -0.2) is 25.0 Å². The van der Waals surface area contributed by atoms with Gasteiger partial charge >= 0.3 is 0 Å². The molecule has 1 nitrogen and oxygen atoms in total. The number of rotatable bonds is 2. The Morgan fingerprint density at radius 2 is 1.80 bits per heavy atom. The van der Waals surface area contributed by atoms with Gasteiger partial charge in [-0.05, 0) is 34.4 Å². The van der Waals surface area contributed by atoms with Crippen LogP contribution in [0.5, 0.6) is 0 Å². The average Bonchev–Trinajstić information content (AvgIpc) is 1.88. The molecule has 0 aliphatic rings. The minimum Gasteiger partial charge on any atom is -0.307 e. The van der Waals surface area contributed by atoms with Crippen molar-refractivity contribution in [3.63, 3.8) is 0 Å². The Kier molecular flexibility index (Phi) is 10.8. The summed E-state index contributed by atoms with van der Waals surface area (Å²) in [7, 11) is 4.21. The first-order valence-electron chi connectivity index (χ1n) is 3.83. The molecule has 0 bridgehead atoms. The van der Waals surface area contributed by atoms with Crippen LogP contribution in [0.2, 0.25) is 0 Å². The maximum atomic E-state index is 3.36. The maximum Gasteiger partial charge on any atom is 0.00582 e. The molecule has 0 spiro atoms. The first kappa shape index (κ1) is 12.4. The molecule has 0 aromatic heterocycles. The van der Waals surface area contributed by atoms with E-state index >= 15 is 0 Å². The quantitative estimate of drug-likeness (QED) is 0.537. The Labute approximate surface area is 65.7 Å². The summed E-state index contributed by atoms with van der Waals surface area (Å²) in [6.07, 6.45) is 2.99. The molecule has 0 amide bonds. The Bertz CT molecular complexity index is 67.1. The highest BCUT2D eigenvalue weighted by Gasteiger charge is 1.96. The molecule has 1 heteroatoms. The molecule has 0 heterocycles. The van der Waals surface area contributed by atoms with Gasteiger partial charge < -0.3 is 4.90 Å². The van der Waals surface area contributed by atoms with Crippen molar-refractivity contribution in [1.82, 2.24) is 4.90 Å². The van der Waals surface area contributed by atoms with Gasteiger partial charge in [0, 0.05) is 6.04 Å². The second kappa shape index (κ2) is 8.70. The van der Waals surface area contributed by atoms with Crippen molar-refractivity contribution in [3.8, 4) is 0 Å². The summed E-state index contributed by atoms with van der Waals surface area (Å²) in [5, 5.41) is 0. The molecule has 0 fully saturated rings. The molecule has 0 radical (unpaired) electrons. The normalized spacial score (nSPS) is 11.8. The lowest BCUT2D eigenvalue weighted by molar-refractivity contribution is 0.307. The highest BCUT2D eigenvalue weighted by atomic mass is 15.1. The van der Waals surface area contributed by atoms with E-state index in [4.69, 9.17) is 0 Å². The molecule has 0 aromatic carbocycles. The van der Waals surface area contributed by atoms with Gasteiger partial charge in [-0.3, -0.25) is 0 Å². The maximum absolute atomic E-state index is 3.36. The summed E-state index contributed by atoms with van der Waals surface area (Å²) in [5.41, 5.74) is 0. The first-order valence-corrected chi connectivity index (χ1v) is 3.83. The van der Waals surface area contributed by atoms with E-state index in [0.29, 0.717) is 0 Å². The molecule has 62 valence electrons. The van der Waals surface area contributed by atoms with Gasteiger partial charge in [0.15, 0.2) is 0 Å². The van der Waals surface area contributed by atoms with Crippen LogP contribution in [0.3, 0.4) is 0 Å². The molecular weight excluding hydrogens is 122 g/mol. The van der Waals surface area contributed by atoms with Crippen molar-refractivity contribution in [1.29, 1.82) is 0 Å². The van der Waals surface area contributed by atoms with Gasteiger partial charge in [-0.25, -0.2) is 0 Å². The number of nitrogens with zero attached hydrogens (tertiary/aromatic N) is 1. The molecule has 0 saturated carbocycles. The van der Waals surface area contributed by atoms with Crippen molar-refractivity contribution in [3.05, 3.63) is 12.7 Å². The zero-order chi connectivity index (χ0) is 8.57. The lowest BCUT2D eigenvalue weighted by atomic mass is 10.2.